The number of Topliss-reactive ketones (excluding diaryl/α,β-unsaturated/α-hetero) is 1. The van der Waals surface area contributed by atoms with Gasteiger partial charge in [-0.15, -0.1) is 11.3 Å². The largest absolute Gasteiger partial charge is 0.439 e. The molecule has 2 bridgehead atoms. The van der Waals surface area contributed by atoms with Gasteiger partial charge < -0.3 is 35.7 Å². The van der Waals surface area contributed by atoms with Gasteiger partial charge in [-0.3, -0.25) is 19.2 Å². The maximum atomic E-state index is 13.8. The first kappa shape index (κ1) is 36.3. The van der Waals surface area contributed by atoms with E-state index in [0.29, 0.717) is 10.5 Å². The second-order valence-corrected chi connectivity index (χ2v) is 12.3. The summed E-state index contributed by atoms with van der Waals surface area (Å²) >= 11 is 1.18. The van der Waals surface area contributed by atoms with Gasteiger partial charge in [-0.2, -0.15) is 0 Å². The number of amides is 3. The van der Waals surface area contributed by atoms with Gasteiger partial charge in [0.2, 0.25) is 11.6 Å². The van der Waals surface area contributed by atoms with E-state index in [0.717, 1.165) is 6.08 Å². The number of ether oxygens (including phenoxy) is 3. The van der Waals surface area contributed by atoms with E-state index in [1.165, 1.54) is 44.6 Å². The standard InChI is InChI=1S/C33H41N3O9S/c1-17-13-21-27(36-32(41)26-11-8-12-46-26)23(37)16-22(29(21)39)35-31(40)18(2)9-7-10-24(43-5)30(45-33(34)42)20(4)15-19(3)28(38)25(14-17)44-6/h7-12,15-17,19,24-25,28,30,38H,13-14H2,1-6H3,(H2,34,42)(H,35,40)(H,36,41)/b10-7-,18-9+,20-15+/t17-,19+,24+,25+,28-,30-/m1/s1. The fourth-order valence-electron chi connectivity index (χ4n) is 5.30. The minimum atomic E-state index is -1.02. The predicted molar refractivity (Wildman–Crippen MR) is 171 cm³/mol. The summed E-state index contributed by atoms with van der Waals surface area (Å²) < 4.78 is 16.6. The van der Waals surface area contributed by atoms with E-state index >= 15 is 0 Å². The van der Waals surface area contributed by atoms with Crippen LogP contribution < -0.4 is 16.4 Å². The molecule has 0 saturated heterocycles. The van der Waals surface area contributed by atoms with Gasteiger partial charge in [0.1, 0.15) is 6.10 Å². The van der Waals surface area contributed by atoms with Crippen LogP contribution in [0.3, 0.4) is 0 Å². The molecule has 1 aliphatic carbocycles. The van der Waals surface area contributed by atoms with E-state index < -0.39 is 59.8 Å². The van der Waals surface area contributed by atoms with Crippen molar-refractivity contribution in [1.82, 2.24) is 10.6 Å². The Balaban J connectivity index is 2.09. The SMILES string of the molecule is CO[C@H]1/C=C\C=C(/C)C(=O)NC2=CC(=O)C(NC(=O)c3cccs3)=C(C[C@@H](C)C[C@H](OC)[C@H](O)[C@@H](C)/C=C(\C)[C@H]1OC(N)=O)C2=O. The smallest absolute Gasteiger partial charge is 0.405 e. The molecule has 12 nitrogen and oxygen atoms in total. The third kappa shape index (κ3) is 9.19. The molecular formula is C33H41N3O9S. The topological polar surface area (TPSA) is 183 Å². The molecule has 2 heterocycles. The third-order valence-corrected chi connectivity index (χ3v) is 8.65. The molecule has 6 atom stereocenters. The summed E-state index contributed by atoms with van der Waals surface area (Å²) in [6.45, 7) is 6.83. The molecule has 3 rings (SSSR count). The Kier molecular flexibility index (Phi) is 12.9. The monoisotopic (exact) mass is 655 g/mol. The van der Waals surface area contributed by atoms with E-state index in [-0.39, 0.29) is 41.3 Å². The van der Waals surface area contributed by atoms with Crippen LogP contribution in [0.5, 0.6) is 0 Å². The number of allylic oxidation sites excluding steroid dienone is 4. The number of aliphatic hydroxyl groups excluding tert-OH is 1. The Morgan fingerprint density at radius 3 is 2.46 bits per heavy atom. The molecule has 0 spiro atoms. The lowest BCUT2D eigenvalue weighted by Crippen LogP contribution is -2.38. The van der Waals surface area contributed by atoms with Gasteiger partial charge >= 0.3 is 6.09 Å². The predicted octanol–water partition coefficient (Wildman–Crippen LogP) is 3.25. The van der Waals surface area contributed by atoms with Crippen LogP contribution in [-0.4, -0.2) is 73.2 Å². The average Bonchev–Trinajstić information content (AvgIpc) is 3.55. The van der Waals surface area contributed by atoms with Crippen molar-refractivity contribution in [2.75, 3.05) is 14.2 Å². The molecule has 0 radical (unpaired) electrons. The van der Waals surface area contributed by atoms with Crippen molar-refractivity contribution in [1.29, 1.82) is 0 Å². The molecule has 46 heavy (non-hydrogen) atoms. The maximum Gasteiger partial charge on any atom is 0.405 e. The molecule has 1 aliphatic heterocycles. The summed E-state index contributed by atoms with van der Waals surface area (Å²) in [5, 5.41) is 18.1. The van der Waals surface area contributed by atoms with Crippen LogP contribution in [0.4, 0.5) is 4.79 Å². The van der Waals surface area contributed by atoms with Crippen LogP contribution in [0.1, 0.15) is 50.2 Å². The molecule has 5 N–H and O–H groups in total. The second-order valence-electron chi connectivity index (χ2n) is 11.4. The summed E-state index contributed by atoms with van der Waals surface area (Å²) in [6, 6.07) is 3.29. The number of primary amides is 1. The molecule has 1 aromatic rings. The van der Waals surface area contributed by atoms with Crippen molar-refractivity contribution in [3.8, 4) is 0 Å². The van der Waals surface area contributed by atoms with Crippen LogP contribution >= 0.6 is 11.3 Å². The molecule has 0 aromatic carbocycles. The Labute approximate surface area is 272 Å². The number of nitrogens with one attached hydrogen (secondary N) is 2. The molecule has 0 saturated carbocycles. The molecule has 1 aromatic heterocycles. The maximum absolute atomic E-state index is 13.8. The van der Waals surface area contributed by atoms with Crippen LogP contribution in [0.15, 0.2) is 76.0 Å². The number of hydrogen-bond acceptors (Lipinski definition) is 10. The molecule has 0 unspecified atom stereocenters. The fourth-order valence-corrected chi connectivity index (χ4v) is 5.92. The van der Waals surface area contributed by atoms with Gasteiger partial charge in [0.25, 0.3) is 11.8 Å². The highest BCUT2D eigenvalue weighted by Crippen LogP contribution is 2.29. The minimum Gasteiger partial charge on any atom is -0.439 e. The first-order valence-electron chi connectivity index (χ1n) is 14.7. The minimum absolute atomic E-state index is 0.0298. The number of methoxy groups -OCH3 is 2. The van der Waals surface area contributed by atoms with Crippen molar-refractivity contribution in [3.63, 3.8) is 0 Å². The van der Waals surface area contributed by atoms with Crippen molar-refractivity contribution in [3.05, 3.63) is 80.9 Å². The summed E-state index contributed by atoms with van der Waals surface area (Å²) in [5.41, 5.74) is 5.73. The van der Waals surface area contributed by atoms with Gasteiger partial charge in [0.05, 0.1) is 28.5 Å². The highest BCUT2D eigenvalue weighted by molar-refractivity contribution is 7.12. The molecule has 3 amide bonds. The van der Waals surface area contributed by atoms with E-state index in [1.807, 2.05) is 6.92 Å². The Morgan fingerprint density at radius 2 is 1.85 bits per heavy atom. The zero-order valence-electron chi connectivity index (χ0n) is 26.7. The van der Waals surface area contributed by atoms with Crippen molar-refractivity contribution in [2.24, 2.45) is 17.6 Å². The van der Waals surface area contributed by atoms with Gasteiger partial charge in [-0.1, -0.05) is 44.2 Å². The highest BCUT2D eigenvalue weighted by Gasteiger charge is 2.34. The van der Waals surface area contributed by atoms with Crippen LogP contribution in [0.25, 0.3) is 0 Å². The second kappa shape index (κ2) is 16.4. The number of hydrogen-bond donors (Lipinski definition) is 4. The van der Waals surface area contributed by atoms with Crippen molar-refractivity contribution < 1.29 is 43.3 Å². The van der Waals surface area contributed by atoms with Gasteiger partial charge in [0.15, 0.2) is 6.10 Å². The van der Waals surface area contributed by atoms with Crippen LogP contribution in [0, 0.1) is 11.8 Å². The van der Waals surface area contributed by atoms with Crippen molar-refractivity contribution in [2.45, 2.75) is 65.0 Å². The Bertz CT molecular complexity index is 1490. The zero-order valence-corrected chi connectivity index (χ0v) is 27.5. The number of fused-ring (bicyclic) bond motifs is 2. The highest BCUT2D eigenvalue weighted by atomic mass is 32.1. The Morgan fingerprint density at radius 1 is 1.13 bits per heavy atom. The van der Waals surface area contributed by atoms with Gasteiger partial charge in [0, 0.05) is 37.4 Å². The fraction of sp³-hybridized carbons (Fsp3) is 0.424. The quantitative estimate of drug-likeness (QED) is 0.273. The lowest BCUT2D eigenvalue weighted by molar-refractivity contribution is -0.120. The van der Waals surface area contributed by atoms with E-state index in [9.17, 15) is 29.1 Å². The first-order chi connectivity index (χ1) is 21.8. The van der Waals surface area contributed by atoms with E-state index in [1.54, 1.807) is 43.5 Å². The summed E-state index contributed by atoms with van der Waals surface area (Å²) in [5.74, 6) is -3.26. The van der Waals surface area contributed by atoms with E-state index in [2.05, 4.69) is 10.6 Å². The molecule has 13 heteroatoms. The molecule has 248 valence electrons. The van der Waals surface area contributed by atoms with Crippen LogP contribution in [0.2, 0.25) is 0 Å². The lowest BCUT2D eigenvalue weighted by atomic mass is 9.85. The number of rotatable bonds is 5. The lowest BCUT2D eigenvalue weighted by Gasteiger charge is -2.30. The summed E-state index contributed by atoms with van der Waals surface area (Å²) in [4.78, 5) is 65.2. The number of thiophene rings is 1. The third-order valence-electron chi connectivity index (χ3n) is 7.78. The number of nitrogens with two attached hydrogens (primary N) is 1. The van der Waals surface area contributed by atoms with Gasteiger partial charge in [-0.05, 0) is 49.6 Å². The number of carbonyl (C=O) groups excluding carboxylic acids is 5. The molecule has 0 fully saturated rings. The number of carbonyl (C=O) groups is 5. The average molecular weight is 656 g/mol. The molecule has 2 aliphatic rings. The Hall–Kier alpha value is -4.17. The van der Waals surface area contributed by atoms with Gasteiger partial charge in [-0.25, -0.2) is 4.79 Å². The zero-order chi connectivity index (χ0) is 34.1. The first-order valence-corrected chi connectivity index (χ1v) is 15.6. The summed E-state index contributed by atoms with van der Waals surface area (Å²) in [7, 11) is 2.87. The van der Waals surface area contributed by atoms with Crippen LogP contribution in [-0.2, 0) is 28.6 Å². The number of ketones is 2. The molecular weight excluding hydrogens is 614 g/mol. The van der Waals surface area contributed by atoms with E-state index in [4.69, 9.17) is 19.9 Å². The summed E-state index contributed by atoms with van der Waals surface area (Å²) in [6.07, 6.45) is 3.09. The normalized spacial score (nSPS) is 29.9. The number of aliphatic hydroxyl groups is 1. The van der Waals surface area contributed by atoms with Crippen molar-refractivity contribution >= 4 is 40.8 Å².